The predicted molar refractivity (Wildman–Crippen MR) is 141 cm³/mol. The predicted octanol–water partition coefficient (Wildman–Crippen LogP) is 2.92. The maximum absolute atomic E-state index is 9.94. The molecule has 2 aromatic rings. The van der Waals surface area contributed by atoms with Gasteiger partial charge in [-0.25, -0.2) is 10.8 Å². The smallest absolute Gasteiger partial charge is 0.224 e. The minimum Gasteiger partial charge on any atom is -0.393 e. The van der Waals surface area contributed by atoms with Crippen molar-refractivity contribution in [1.29, 1.82) is 0 Å². The van der Waals surface area contributed by atoms with E-state index in [9.17, 15) is 5.11 Å². The van der Waals surface area contributed by atoms with Crippen molar-refractivity contribution in [3.8, 4) is 11.3 Å². The fourth-order valence-electron chi connectivity index (χ4n) is 4.95. The first-order valence-electron chi connectivity index (χ1n) is 13.2. The third-order valence-electron chi connectivity index (χ3n) is 7.27. The van der Waals surface area contributed by atoms with E-state index in [0.29, 0.717) is 23.8 Å². The molecule has 9 nitrogen and oxygen atoms in total. The van der Waals surface area contributed by atoms with Gasteiger partial charge in [-0.3, -0.25) is 14.9 Å². The Morgan fingerprint density at radius 3 is 2.69 bits per heavy atom. The van der Waals surface area contributed by atoms with Gasteiger partial charge in [0.1, 0.15) is 0 Å². The molecule has 4 rings (SSSR count). The first kappa shape index (κ1) is 25.8. The lowest BCUT2D eigenvalue weighted by molar-refractivity contribution is 0.121. The van der Waals surface area contributed by atoms with Gasteiger partial charge in [0.05, 0.1) is 17.4 Å². The molecule has 9 heteroatoms. The van der Waals surface area contributed by atoms with Crippen LogP contribution in [0.15, 0.2) is 24.5 Å². The summed E-state index contributed by atoms with van der Waals surface area (Å²) in [5.74, 6) is 7.92. The summed E-state index contributed by atoms with van der Waals surface area (Å²) in [6, 6.07) is 5.33. The average molecular weight is 483 g/mol. The summed E-state index contributed by atoms with van der Waals surface area (Å²) < 4.78 is 0. The molecule has 1 aliphatic heterocycles. The van der Waals surface area contributed by atoms with Crippen LogP contribution in [0.5, 0.6) is 0 Å². The number of piperazine rings is 1. The molecular weight excluding hydrogens is 440 g/mol. The second-order valence-electron chi connectivity index (χ2n) is 10.2. The third kappa shape index (κ3) is 6.67. The van der Waals surface area contributed by atoms with E-state index in [1.54, 1.807) is 5.01 Å². The molecule has 0 amide bonds. The van der Waals surface area contributed by atoms with Gasteiger partial charge in [0.15, 0.2) is 5.82 Å². The molecule has 1 saturated carbocycles. The van der Waals surface area contributed by atoms with Crippen molar-refractivity contribution in [2.75, 3.05) is 30.0 Å². The summed E-state index contributed by atoms with van der Waals surface area (Å²) in [5, 5.41) is 18.6. The van der Waals surface area contributed by atoms with Crippen LogP contribution >= 0.6 is 0 Å². The fourth-order valence-corrected chi connectivity index (χ4v) is 4.95. The quantitative estimate of drug-likeness (QED) is 0.243. The number of hydrogen-bond acceptors (Lipinski definition) is 9. The number of hydrogen-bond donors (Lipinski definition) is 4. The molecule has 0 spiro atoms. The van der Waals surface area contributed by atoms with Crippen LogP contribution in [0.4, 0.5) is 11.8 Å². The van der Waals surface area contributed by atoms with E-state index >= 15 is 0 Å². The number of nitrogens with one attached hydrogen (secondary N) is 2. The summed E-state index contributed by atoms with van der Waals surface area (Å²) in [5.41, 5.74) is 2.84. The normalized spacial score (nSPS) is 25.4. The van der Waals surface area contributed by atoms with Gasteiger partial charge in [0.25, 0.3) is 0 Å². The van der Waals surface area contributed by atoms with Crippen molar-refractivity contribution in [3.63, 3.8) is 0 Å². The zero-order valence-electron chi connectivity index (χ0n) is 21.5. The van der Waals surface area contributed by atoms with Gasteiger partial charge in [-0.1, -0.05) is 19.4 Å². The maximum atomic E-state index is 9.94. The molecule has 2 aromatic heterocycles. The number of hydrazine groups is 1. The zero-order valence-corrected chi connectivity index (χ0v) is 21.5. The Labute approximate surface area is 209 Å². The van der Waals surface area contributed by atoms with Crippen LogP contribution in [0.3, 0.4) is 0 Å². The van der Waals surface area contributed by atoms with Crippen LogP contribution in [0.1, 0.15) is 64.9 Å². The monoisotopic (exact) mass is 482 g/mol. The fraction of sp³-hybridized carbons (Fsp3) is 0.654. The van der Waals surface area contributed by atoms with Crippen LogP contribution in [0.25, 0.3) is 11.3 Å². The molecule has 2 atom stereocenters. The summed E-state index contributed by atoms with van der Waals surface area (Å²) in [6.07, 6.45) is 8.92. The number of rotatable bonds is 9. The molecule has 0 unspecified atom stereocenters. The highest BCUT2D eigenvalue weighted by atomic mass is 16.3. The van der Waals surface area contributed by atoms with E-state index in [4.69, 9.17) is 15.8 Å². The minimum absolute atomic E-state index is 0.131. The molecular formula is C26H42N8O. The Morgan fingerprint density at radius 2 is 1.97 bits per heavy atom. The summed E-state index contributed by atoms with van der Waals surface area (Å²) in [6.45, 7) is 10.4. The topological polar surface area (TPSA) is 115 Å². The van der Waals surface area contributed by atoms with Crippen molar-refractivity contribution in [2.45, 2.75) is 90.1 Å². The van der Waals surface area contributed by atoms with Gasteiger partial charge < -0.3 is 15.7 Å². The molecule has 3 heterocycles. The van der Waals surface area contributed by atoms with Gasteiger partial charge in [0, 0.05) is 56.7 Å². The van der Waals surface area contributed by atoms with E-state index in [1.807, 2.05) is 12.4 Å². The molecule has 5 N–H and O–H groups in total. The number of nitrogens with two attached hydrogens (primary N) is 1. The highest BCUT2D eigenvalue weighted by molar-refractivity contribution is 5.73. The van der Waals surface area contributed by atoms with Crippen LogP contribution in [0.2, 0.25) is 0 Å². The van der Waals surface area contributed by atoms with Crippen LogP contribution in [-0.4, -0.2) is 68.8 Å². The van der Waals surface area contributed by atoms with E-state index in [0.717, 1.165) is 76.0 Å². The number of nitrogens with zero attached hydrogens (tertiary/aromatic N) is 5. The molecule has 0 radical (unpaired) electrons. The van der Waals surface area contributed by atoms with Gasteiger partial charge in [-0.2, -0.15) is 4.98 Å². The Morgan fingerprint density at radius 1 is 1.17 bits per heavy atom. The number of unbranched alkanes of at least 4 members (excludes halogenated alkanes) is 1. The van der Waals surface area contributed by atoms with Gasteiger partial charge in [0.2, 0.25) is 5.95 Å². The van der Waals surface area contributed by atoms with Gasteiger partial charge in [-0.15, -0.1) is 0 Å². The standard InChI is InChI=1S/C26H42N8O/c1-4-5-12-28-26-31-15-23(25(32-26)34(27)21-7-9-22(35)10-8-21)24-11-6-20(14-30-24)17-33-16-18(2)29-13-19(33)3/h6,11,14-15,18-19,21-22,29,35H,4-5,7-10,12-13,16-17,27H2,1-3H3,(H,28,31,32)/t18-,19+,21?,22?/m0/s1. The van der Waals surface area contributed by atoms with Crippen LogP contribution in [0, 0.1) is 0 Å². The maximum Gasteiger partial charge on any atom is 0.224 e. The number of anilines is 2. The number of aromatic nitrogens is 3. The lowest BCUT2D eigenvalue weighted by Gasteiger charge is -2.37. The van der Waals surface area contributed by atoms with Crippen molar-refractivity contribution in [1.82, 2.24) is 25.2 Å². The summed E-state index contributed by atoms with van der Waals surface area (Å²) in [7, 11) is 0. The number of aliphatic hydroxyl groups is 1. The Hall–Kier alpha value is -2.33. The summed E-state index contributed by atoms with van der Waals surface area (Å²) >= 11 is 0. The van der Waals surface area contributed by atoms with E-state index in [1.165, 1.54) is 5.56 Å². The molecule has 0 bridgehead atoms. The lowest BCUT2D eigenvalue weighted by Crippen LogP contribution is -2.53. The average Bonchev–Trinajstić information content (AvgIpc) is 2.87. The molecule has 2 fully saturated rings. The number of pyridine rings is 1. The first-order valence-corrected chi connectivity index (χ1v) is 13.2. The number of aliphatic hydroxyl groups excluding tert-OH is 1. The Bertz CT molecular complexity index is 931. The van der Waals surface area contributed by atoms with Crippen molar-refractivity contribution in [2.24, 2.45) is 5.84 Å². The molecule has 2 aliphatic rings. The van der Waals surface area contributed by atoms with E-state index in [-0.39, 0.29) is 12.1 Å². The molecule has 0 aromatic carbocycles. The SMILES string of the molecule is CCCCNc1ncc(-c2ccc(CN3C[C@H](C)NC[C@H]3C)cn2)c(N(N)C2CCC(O)CC2)n1. The highest BCUT2D eigenvalue weighted by Gasteiger charge is 2.27. The highest BCUT2D eigenvalue weighted by Crippen LogP contribution is 2.32. The van der Waals surface area contributed by atoms with Crippen LogP contribution in [-0.2, 0) is 6.54 Å². The lowest BCUT2D eigenvalue weighted by atomic mass is 9.92. The Kier molecular flexibility index (Phi) is 8.89. The molecule has 1 saturated heterocycles. The molecule has 1 aliphatic carbocycles. The van der Waals surface area contributed by atoms with Crippen molar-refractivity contribution in [3.05, 3.63) is 30.1 Å². The van der Waals surface area contributed by atoms with Crippen LogP contribution < -0.4 is 21.5 Å². The second-order valence-corrected chi connectivity index (χ2v) is 10.2. The van der Waals surface area contributed by atoms with Crippen molar-refractivity contribution < 1.29 is 5.11 Å². The van der Waals surface area contributed by atoms with Crippen molar-refractivity contribution >= 4 is 11.8 Å². The molecule has 192 valence electrons. The van der Waals surface area contributed by atoms with Gasteiger partial charge >= 0.3 is 0 Å². The molecule has 35 heavy (non-hydrogen) atoms. The largest absolute Gasteiger partial charge is 0.393 e. The van der Waals surface area contributed by atoms with Gasteiger partial charge in [-0.05, 0) is 57.6 Å². The zero-order chi connectivity index (χ0) is 24.8. The Balaban J connectivity index is 1.55. The second kappa shape index (κ2) is 12.1. The first-order chi connectivity index (χ1) is 16.9. The minimum atomic E-state index is -0.230. The van der Waals surface area contributed by atoms with E-state index in [2.05, 4.69) is 53.4 Å². The summed E-state index contributed by atoms with van der Waals surface area (Å²) in [4.78, 5) is 16.7. The third-order valence-corrected chi connectivity index (χ3v) is 7.27. The van der Waals surface area contributed by atoms with E-state index < -0.39 is 0 Å².